The Bertz CT molecular complexity index is 1140. The molecule has 1 amide bonds. The third-order valence-corrected chi connectivity index (χ3v) is 8.75. The maximum absolute atomic E-state index is 13.3. The Kier molecular flexibility index (Phi) is 7.26. The summed E-state index contributed by atoms with van der Waals surface area (Å²) in [5.74, 6) is -0.313. The minimum Gasteiger partial charge on any atom is -0.345 e. The zero-order valence-electron chi connectivity index (χ0n) is 18.4. The lowest BCUT2D eigenvalue weighted by molar-refractivity contribution is -0.137. The van der Waals surface area contributed by atoms with Crippen molar-refractivity contribution >= 4 is 27.3 Å². The Morgan fingerprint density at radius 2 is 1.71 bits per heavy atom. The van der Waals surface area contributed by atoms with Crippen LogP contribution in [0.15, 0.2) is 47.4 Å². The van der Waals surface area contributed by atoms with E-state index in [-0.39, 0.29) is 28.0 Å². The van der Waals surface area contributed by atoms with E-state index in [1.807, 2.05) is 0 Å². The first-order valence-electron chi connectivity index (χ1n) is 11.3. The standard InChI is InChI=1S/C24H26ClF3N2O3S/c25-21-19(2-1-3-20(21)24(26,27)28)23(31)30-22(17-10-12-29-13-11-17)16-6-8-18(9-7-16)34(32,33)14-15-4-5-15/h1-3,6-9,15,17,22,29H,4-5,10-14H2,(H,30,31). The van der Waals surface area contributed by atoms with E-state index < -0.39 is 38.5 Å². The van der Waals surface area contributed by atoms with Gasteiger partial charge in [-0.25, -0.2) is 8.42 Å². The summed E-state index contributed by atoms with van der Waals surface area (Å²) in [5.41, 5.74) is -0.613. The van der Waals surface area contributed by atoms with Crippen molar-refractivity contribution in [2.45, 2.75) is 42.8 Å². The highest BCUT2D eigenvalue weighted by Gasteiger charge is 2.35. The minimum absolute atomic E-state index is 0.0312. The second-order valence-electron chi connectivity index (χ2n) is 9.00. The van der Waals surface area contributed by atoms with Gasteiger partial charge in [-0.1, -0.05) is 29.8 Å². The highest BCUT2D eigenvalue weighted by atomic mass is 35.5. The van der Waals surface area contributed by atoms with Crippen molar-refractivity contribution in [3.05, 3.63) is 64.2 Å². The fourth-order valence-electron chi connectivity index (χ4n) is 4.37. The molecule has 34 heavy (non-hydrogen) atoms. The van der Waals surface area contributed by atoms with Gasteiger partial charge in [0.25, 0.3) is 5.91 Å². The highest BCUT2D eigenvalue weighted by Crippen LogP contribution is 2.37. The van der Waals surface area contributed by atoms with Crippen molar-refractivity contribution in [2.75, 3.05) is 18.8 Å². The van der Waals surface area contributed by atoms with E-state index in [4.69, 9.17) is 11.6 Å². The number of piperidine rings is 1. The molecule has 1 aliphatic carbocycles. The fraction of sp³-hybridized carbons (Fsp3) is 0.458. The first-order chi connectivity index (χ1) is 16.1. The van der Waals surface area contributed by atoms with Crippen LogP contribution in [0.4, 0.5) is 13.2 Å². The van der Waals surface area contributed by atoms with Crippen LogP contribution in [0.2, 0.25) is 5.02 Å². The lowest BCUT2D eigenvalue weighted by atomic mass is 9.85. The van der Waals surface area contributed by atoms with Crippen molar-refractivity contribution < 1.29 is 26.4 Å². The van der Waals surface area contributed by atoms with Crippen LogP contribution in [0.3, 0.4) is 0 Å². The average Bonchev–Trinajstić information content (AvgIpc) is 3.60. The van der Waals surface area contributed by atoms with Crippen LogP contribution in [0.5, 0.6) is 0 Å². The van der Waals surface area contributed by atoms with Crippen molar-refractivity contribution in [1.82, 2.24) is 10.6 Å². The summed E-state index contributed by atoms with van der Waals surface area (Å²) in [5, 5.41) is 5.48. The molecule has 10 heteroatoms. The van der Waals surface area contributed by atoms with Gasteiger partial charge in [0.05, 0.1) is 32.8 Å². The molecule has 2 aromatic rings. The highest BCUT2D eigenvalue weighted by molar-refractivity contribution is 7.91. The smallest absolute Gasteiger partial charge is 0.345 e. The van der Waals surface area contributed by atoms with Crippen molar-refractivity contribution in [3.63, 3.8) is 0 Å². The monoisotopic (exact) mass is 514 g/mol. The molecule has 1 unspecified atom stereocenters. The van der Waals surface area contributed by atoms with Gasteiger partial charge in [0.1, 0.15) is 0 Å². The van der Waals surface area contributed by atoms with Gasteiger partial charge in [0.15, 0.2) is 9.84 Å². The zero-order valence-corrected chi connectivity index (χ0v) is 19.9. The van der Waals surface area contributed by atoms with Crippen LogP contribution in [-0.2, 0) is 16.0 Å². The summed E-state index contributed by atoms with van der Waals surface area (Å²) in [7, 11) is -3.38. The van der Waals surface area contributed by atoms with E-state index in [9.17, 15) is 26.4 Å². The summed E-state index contributed by atoms with van der Waals surface area (Å²) in [6.07, 6.45) is -1.31. The molecule has 1 heterocycles. The number of hydrogen-bond acceptors (Lipinski definition) is 4. The molecular formula is C24H26ClF3N2O3S. The van der Waals surface area contributed by atoms with Crippen LogP contribution in [0.1, 0.15) is 53.2 Å². The number of halogens is 4. The third kappa shape index (κ3) is 5.75. The molecule has 1 saturated heterocycles. The summed E-state index contributed by atoms with van der Waals surface area (Å²) in [6, 6.07) is 9.21. The molecule has 1 aliphatic heterocycles. The topological polar surface area (TPSA) is 75.3 Å². The van der Waals surface area contributed by atoms with Gasteiger partial charge < -0.3 is 10.6 Å². The molecule has 184 valence electrons. The number of benzene rings is 2. The largest absolute Gasteiger partial charge is 0.417 e. The second kappa shape index (κ2) is 9.87. The second-order valence-corrected chi connectivity index (χ2v) is 11.4. The predicted molar refractivity (Wildman–Crippen MR) is 123 cm³/mol. The molecule has 0 aromatic heterocycles. The number of nitrogens with one attached hydrogen (secondary N) is 2. The Balaban J connectivity index is 1.60. The quantitative estimate of drug-likeness (QED) is 0.544. The van der Waals surface area contributed by atoms with Crippen LogP contribution in [0.25, 0.3) is 0 Å². The van der Waals surface area contributed by atoms with Gasteiger partial charge in [-0.2, -0.15) is 13.2 Å². The summed E-state index contributed by atoms with van der Waals surface area (Å²) in [4.78, 5) is 13.3. The number of carbonyl (C=O) groups is 1. The number of rotatable bonds is 7. The number of hydrogen-bond donors (Lipinski definition) is 2. The minimum atomic E-state index is -4.68. The van der Waals surface area contributed by atoms with E-state index in [1.54, 1.807) is 24.3 Å². The Labute approximate surface area is 202 Å². The van der Waals surface area contributed by atoms with Gasteiger partial charge in [-0.15, -0.1) is 0 Å². The first kappa shape index (κ1) is 25.0. The molecular weight excluding hydrogens is 489 g/mol. The molecule has 2 aromatic carbocycles. The Morgan fingerprint density at radius 1 is 1.06 bits per heavy atom. The number of alkyl halides is 3. The zero-order chi connectivity index (χ0) is 24.5. The van der Waals surface area contributed by atoms with Gasteiger partial charge in [-0.3, -0.25) is 4.79 Å². The predicted octanol–water partition coefficient (Wildman–Crippen LogP) is 5.01. The molecule has 2 N–H and O–H groups in total. The third-order valence-electron chi connectivity index (χ3n) is 6.44. The first-order valence-corrected chi connectivity index (χ1v) is 13.3. The molecule has 4 rings (SSSR count). The maximum Gasteiger partial charge on any atom is 0.417 e. The van der Waals surface area contributed by atoms with Crippen LogP contribution >= 0.6 is 11.6 Å². The van der Waals surface area contributed by atoms with Crippen molar-refractivity contribution in [2.24, 2.45) is 11.8 Å². The molecule has 2 aliphatic rings. The molecule has 1 saturated carbocycles. The van der Waals surface area contributed by atoms with Gasteiger partial charge in [-0.05, 0) is 80.4 Å². The summed E-state index contributed by atoms with van der Waals surface area (Å²) < 4.78 is 65.0. The van der Waals surface area contributed by atoms with Crippen molar-refractivity contribution in [1.29, 1.82) is 0 Å². The van der Waals surface area contributed by atoms with E-state index in [0.717, 1.165) is 50.9 Å². The molecule has 5 nitrogen and oxygen atoms in total. The van der Waals surface area contributed by atoms with Crippen LogP contribution in [-0.4, -0.2) is 33.2 Å². The number of carbonyl (C=O) groups excluding carboxylic acids is 1. The van der Waals surface area contributed by atoms with Gasteiger partial charge >= 0.3 is 6.18 Å². The normalized spacial score (nSPS) is 18.5. The molecule has 2 fully saturated rings. The molecule has 0 spiro atoms. The van der Waals surface area contributed by atoms with Crippen molar-refractivity contribution in [3.8, 4) is 0 Å². The molecule has 0 bridgehead atoms. The SMILES string of the molecule is O=C(NC(c1ccc(S(=O)(=O)CC2CC2)cc1)C1CCNCC1)c1cccc(C(F)(F)F)c1Cl. The summed E-state index contributed by atoms with van der Waals surface area (Å²) in [6.45, 7) is 1.49. The number of sulfone groups is 1. The van der Waals surface area contributed by atoms with Crippen LogP contribution in [0, 0.1) is 11.8 Å². The van der Waals surface area contributed by atoms with Crippen LogP contribution < -0.4 is 10.6 Å². The van der Waals surface area contributed by atoms with Gasteiger partial charge in [0, 0.05) is 0 Å². The number of amides is 1. The lowest BCUT2D eigenvalue weighted by Gasteiger charge is -2.32. The van der Waals surface area contributed by atoms with E-state index >= 15 is 0 Å². The van der Waals surface area contributed by atoms with E-state index in [1.165, 1.54) is 6.07 Å². The molecule has 0 radical (unpaired) electrons. The lowest BCUT2D eigenvalue weighted by Crippen LogP contribution is -2.39. The average molecular weight is 515 g/mol. The Morgan fingerprint density at radius 3 is 2.29 bits per heavy atom. The fourth-order valence-corrected chi connectivity index (χ4v) is 6.39. The van der Waals surface area contributed by atoms with Gasteiger partial charge in [0.2, 0.25) is 0 Å². The Hall–Kier alpha value is -2.10. The van der Waals surface area contributed by atoms with E-state index in [2.05, 4.69) is 10.6 Å². The van der Waals surface area contributed by atoms with E-state index in [0.29, 0.717) is 5.56 Å². The molecule has 1 atom stereocenters. The summed E-state index contributed by atoms with van der Waals surface area (Å²) >= 11 is 5.96. The maximum atomic E-state index is 13.3.